The summed E-state index contributed by atoms with van der Waals surface area (Å²) in [5.41, 5.74) is 0.803. The van der Waals surface area contributed by atoms with Gasteiger partial charge in [-0.2, -0.15) is 0 Å². The van der Waals surface area contributed by atoms with Gasteiger partial charge in [0.1, 0.15) is 16.2 Å². The molecule has 152 valence electrons. The van der Waals surface area contributed by atoms with Crippen molar-refractivity contribution < 1.29 is 4.79 Å². The normalized spacial score (nSPS) is 14.3. The molecule has 1 fully saturated rings. The number of thiazole rings is 1. The molecule has 4 aromatic heterocycles. The van der Waals surface area contributed by atoms with Crippen LogP contribution in [0.1, 0.15) is 15.4 Å². The van der Waals surface area contributed by atoms with E-state index in [4.69, 9.17) is 0 Å². The fraction of sp³-hybridized carbons (Fsp3) is 0.250. The maximum Gasteiger partial charge on any atom is 0.265 e. The molecule has 0 atom stereocenters. The second kappa shape index (κ2) is 7.96. The number of carbonyl (C=O) groups excluding carboxylic acids is 1. The van der Waals surface area contributed by atoms with E-state index in [2.05, 4.69) is 25.1 Å². The molecule has 0 saturated carbocycles. The van der Waals surface area contributed by atoms with Gasteiger partial charge in [0.05, 0.1) is 10.6 Å². The first-order valence-corrected chi connectivity index (χ1v) is 11.3. The van der Waals surface area contributed by atoms with Crippen molar-refractivity contribution in [3.63, 3.8) is 0 Å². The van der Waals surface area contributed by atoms with Crippen LogP contribution in [0.5, 0.6) is 0 Å². The van der Waals surface area contributed by atoms with Crippen molar-refractivity contribution in [1.82, 2.24) is 29.6 Å². The number of carbonyl (C=O) groups is 1. The summed E-state index contributed by atoms with van der Waals surface area (Å²) in [4.78, 5) is 27.6. The third-order valence-corrected chi connectivity index (χ3v) is 7.20. The minimum Gasteiger partial charge on any atom is -0.352 e. The average Bonchev–Trinajstić information content (AvgIpc) is 3.55. The minimum atomic E-state index is 0.0639. The van der Waals surface area contributed by atoms with E-state index in [0.29, 0.717) is 13.1 Å². The number of anilines is 1. The molecule has 1 saturated heterocycles. The Balaban J connectivity index is 1.24. The molecule has 0 unspecified atom stereocenters. The summed E-state index contributed by atoms with van der Waals surface area (Å²) < 4.78 is 1.81. The number of amides is 1. The Hall–Kier alpha value is -3.11. The van der Waals surface area contributed by atoms with Crippen molar-refractivity contribution in [2.24, 2.45) is 0 Å². The van der Waals surface area contributed by atoms with Gasteiger partial charge in [0.15, 0.2) is 11.6 Å². The van der Waals surface area contributed by atoms with Crippen molar-refractivity contribution in [2.45, 2.75) is 6.92 Å². The standard InChI is InChI=1S/C20H19N7OS2/c1-14-18(30-19(22-14)15-3-2-12-29-15)20(28)26-10-8-25(9-11-26)16-4-5-17(24-23-16)27-7-6-21-13-27/h2-7,12-13H,8-11H2,1H3. The average molecular weight is 438 g/mol. The summed E-state index contributed by atoms with van der Waals surface area (Å²) in [5, 5.41) is 11.6. The van der Waals surface area contributed by atoms with Gasteiger partial charge >= 0.3 is 0 Å². The van der Waals surface area contributed by atoms with E-state index in [9.17, 15) is 4.79 Å². The van der Waals surface area contributed by atoms with Gasteiger partial charge in [-0.25, -0.2) is 9.97 Å². The fourth-order valence-corrected chi connectivity index (χ4v) is 5.23. The lowest BCUT2D eigenvalue weighted by molar-refractivity contribution is 0.0750. The number of nitrogens with zero attached hydrogens (tertiary/aromatic N) is 7. The van der Waals surface area contributed by atoms with Gasteiger partial charge in [-0.15, -0.1) is 32.9 Å². The van der Waals surface area contributed by atoms with Gasteiger partial charge in [0.25, 0.3) is 5.91 Å². The van der Waals surface area contributed by atoms with Crippen LogP contribution in [0.25, 0.3) is 15.7 Å². The van der Waals surface area contributed by atoms with Gasteiger partial charge in [0, 0.05) is 38.6 Å². The molecule has 1 aliphatic heterocycles. The predicted molar refractivity (Wildman–Crippen MR) is 117 cm³/mol. The van der Waals surface area contributed by atoms with E-state index in [1.54, 1.807) is 23.9 Å². The number of rotatable bonds is 4. The smallest absolute Gasteiger partial charge is 0.265 e. The highest BCUT2D eigenvalue weighted by Crippen LogP contribution is 2.32. The van der Waals surface area contributed by atoms with Gasteiger partial charge < -0.3 is 9.80 Å². The van der Waals surface area contributed by atoms with Crippen LogP contribution in [0.4, 0.5) is 5.82 Å². The SMILES string of the molecule is Cc1nc(-c2cccs2)sc1C(=O)N1CCN(c2ccc(-n3ccnc3)nn2)CC1. The molecule has 30 heavy (non-hydrogen) atoms. The number of aryl methyl sites for hydroxylation is 1. The molecule has 5 heterocycles. The Labute approximate surface area is 181 Å². The monoisotopic (exact) mass is 437 g/mol. The van der Waals surface area contributed by atoms with Crippen molar-refractivity contribution in [1.29, 1.82) is 0 Å². The summed E-state index contributed by atoms with van der Waals surface area (Å²) in [7, 11) is 0. The van der Waals surface area contributed by atoms with Crippen molar-refractivity contribution >= 4 is 34.4 Å². The molecule has 5 rings (SSSR count). The summed E-state index contributed by atoms with van der Waals surface area (Å²) in [5.74, 6) is 1.61. The molecule has 8 nitrogen and oxygen atoms in total. The Morgan fingerprint density at radius 3 is 2.53 bits per heavy atom. The highest BCUT2D eigenvalue weighted by Gasteiger charge is 2.26. The second-order valence-corrected chi connectivity index (χ2v) is 8.86. The molecule has 1 amide bonds. The molecule has 4 aromatic rings. The van der Waals surface area contributed by atoms with Crippen molar-refractivity contribution in [2.75, 3.05) is 31.1 Å². The lowest BCUT2D eigenvalue weighted by Crippen LogP contribution is -2.49. The highest BCUT2D eigenvalue weighted by molar-refractivity contribution is 7.22. The van der Waals surface area contributed by atoms with Gasteiger partial charge in [-0.1, -0.05) is 6.07 Å². The molecule has 0 N–H and O–H groups in total. The third-order valence-electron chi connectivity index (χ3n) is 5.02. The first kappa shape index (κ1) is 18.9. The molecule has 0 spiro atoms. The number of thiophene rings is 1. The Kier molecular flexibility index (Phi) is 5.01. The number of piperazine rings is 1. The van der Waals surface area contributed by atoms with Crippen LogP contribution in [0.2, 0.25) is 0 Å². The van der Waals surface area contributed by atoms with Crippen molar-refractivity contribution in [3.05, 3.63) is 58.9 Å². The zero-order chi connectivity index (χ0) is 20.5. The first-order valence-electron chi connectivity index (χ1n) is 9.56. The van der Waals surface area contributed by atoms with Crippen molar-refractivity contribution in [3.8, 4) is 15.7 Å². The zero-order valence-corrected chi connectivity index (χ0v) is 17.9. The number of aromatic nitrogens is 5. The molecule has 0 aromatic carbocycles. The number of hydrogen-bond donors (Lipinski definition) is 0. The molecule has 0 bridgehead atoms. The van der Waals surface area contributed by atoms with Crippen LogP contribution >= 0.6 is 22.7 Å². The molecule has 0 radical (unpaired) electrons. The zero-order valence-electron chi connectivity index (χ0n) is 16.3. The van der Waals surface area contributed by atoms with E-state index >= 15 is 0 Å². The highest BCUT2D eigenvalue weighted by atomic mass is 32.1. The second-order valence-electron chi connectivity index (χ2n) is 6.91. The molecule has 0 aliphatic carbocycles. The summed E-state index contributed by atoms with van der Waals surface area (Å²) in [6, 6.07) is 7.92. The largest absolute Gasteiger partial charge is 0.352 e. The van der Waals surface area contributed by atoms with E-state index in [-0.39, 0.29) is 5.91 Å². The maximum atomic E-state index is 13.1. The van der Waals surface area contributed by atoms with Crippen LogP contribution in [0.3, 0.4) is 0 Å². The van der Waals surface area contributed by atoms with Crippen LogP contribution in [0, 0.1) is 6.92 Å². The third kappa shape index (κ3) is 3.59. The van der Waals surface area contributed by atoms with Crippen LogP contribution < -0.4 is 4.90 Å². The molecule has 1 aliphatic rings. The lowest BCUT2D eigenvalue weighted by atomic mass is 10.2. The van der Waals surface area contributed by atoms with Gasteiger partial charge in [0.2, 0.25) is 0 Å². The lowest BCUT2D eigenvalue weighted by Gasteiger charge is -2.35. The molecular formula is C20H19N7OS2. The van der Waals surface area contributed by atoms with E-state index < -0.39 is 0 Å². The van der Waals surface area contributed by atoms with E-state index in [0.717, 1.165) is 45.2 Å². The Bertz CT molecular complexity index is 1130. The summed E-state index contributed by atoms with van der Waals surface area (Å²) in [6.45, 7) is 4.65. The van der Waals surface area contributed by atoms with E-state index in [1.807, 2.05) is 52.2 Å². The van der Waals surface area contributed by atoms with Crippen LogP contribution in [0.15, 0.2) is 48.4 Å². The molecule has 10 heteroatoms. The fourth-order valence-electron chi connectivity index (χ4n) is 3.40. The molecular weight excluding hydrogens is 418 g/mol. The number of hydrogen-bond acceptors (Lipinski definition) is 8. The minimum absolute atomic E-state index is 0.0639. The summed E-state index contributed by atoms with van der Waals surface area (Å²) >= 11 is 3.12. The van der Waals surface area contributed by atoms with Gasteiger partial charge in [-0.3, -0.25) is 9.36 Å². The Morgan fingerprint density at radius 1 is 1.07 bits per heavy atom. The van der Waals surface area contributed by atoms with Gasteiger partial charge in [-0.05, 0) is 30.5 Å². The van der Waals surface area contributed by atoms with Crippen LogP contribution in [-0.2, 0) is 0 Å². The summed E-state index contributed by atoms with van der Waals surface area (Å²) in [6.07, 6.45) is 5.23. The Morgan fingerprint density at radius 2 is 1.87 bits per heavy atom. The topological polar surface area (TPSA) is 80.0 Å². The number of imidazole rings is 1. The maximum absolute atomic E-state index is 13.1. The van der Waals surface area contributed by atoms with E-state index in [1.165, 1.54) is 11.3 Å². The first-order chi connectivity index (χ1) is 14.7. The predicted octanol–water partition coefficient (Wildman–Crippen LogP) is 3.12. The van der Waals surface area contributed by atoms with Crippen LogP contribution in [-0.4, -0.2) is 61.7 Å². The quantitative estimate of drug-likeness (QED) is 0.488.